The lowest BCUT2D eigenvalue weighted by Gasteiger charge is -2.15. The Kier molecular flexibility index (Phi) is 2.22. The van der Waals surface area contributed by atoms with Crippen LogP contribution in [0.25, 0.3) is 0 Å². The van der Waals surface area contributed by atoms with Crippen LogP contribution in [-0.2, 0) is 4.79 Å². The van der Waals surface area contributed by atoms with Crippen LogP contribution in [0.2, 0.25) is 0 Å². The molecule has 0 radical (unpaired) electrons. The van der Waals surface area contributed by atoms with Crippen molar-refractivity contribution < 1.29 is 4.79 Å². The van der Waals surface area contributed by atoms with E-state index in [1.54, 1.807) is 18.8 Å². The molecule has 2 atom stereocenters. The SMILES string of the molecule is CNC(=O)C1=CC2SC=NC2C=C1. The maximum Gasteiger partial charge on any atom is 0.250 e. The molecular weight excluding hydrogens is 184 g/mol. The summed E-state index contributed by atoms with van der Waals surface area (Å²) in [6, 6.07) is 0.235. The number of hydrogen-bond acceptors (Lipinski definition) is 3. The summed E-state index contributed by atoms with van der Waals surface area (Å²) in [5.74, 6) is -0.0257. The average Bonchev–Trinajstić information content (AvgIpc) is 2.63. The van der Waals surface area contributed by atoms with Gasteiger partial charge in [-0.05, 0) is 0 Å². The summed E-state index contributed by atoms with van der Waals surface area (Å²) in [6.07, 6.45) is 5.79. The molecule has 1 amide bonds. The van der Waals surface area contributed by atoms with E-state index in [0.717, 1.165) is 5.57 Å². The highest BCUT2D eigenvalue weighted by molar-refractivity contribution is 8.13. The van der Waals surface area contributed by atoms with Gasteiger partial charge in [0.05, 0.1) is 16.8 Å². The number of hydrogen-bond donors (Lipinski definition) is 1. The lowest BCUT2D eigenvalue weighted by Crippen LogP contribution is -2.24. The maximum atomic E-state index is 11.3. The van der Waals surface area contributed by atoms with Gasteiger partial charge in [-0.3, -0.25) is 9.79 Å². The number of likely N-dealkylation sites (N-methyl/N-ethyl adjacent to an activating group) is 1. The Morgan fingerprint density at radius 1 is 1.69 bits per heavy atom. The molecule has 0 aromatic carbocycles. The van der Waals surface area contributed by atoms with Crippen molar-refractivity contribution in [3.8, 4) is 0 Å². The van der Waals surface area contributed by atoms with Gasteiger partial charge in [-0.25, -0.2) is 0 Å². The zero-order valence-electron chi connectivity index (χ0n) is 7.23. The minimum absolute atomic E-state index is 0.0257. The second kappa shape index (κ2) is 3.38. The van der Waals surface area contributed by atoms with Gasteiger partial charge in [0.1, 0.15) is 0 Å². The molecule has 2 rings (SSSR count). The van der Waals surface area contributed by atoms with Gasteiger partial charge in [0.2, 0.25) is 0 Å². The van der Waals surface area contributed by atoms with Gasteiger partial charge in [0.25, 0.3) is 5.91 Å². The smallest absolute Gasteiger partial charge is 0.250 e. The van der Waals surface area contributed by atoms with Gasteiger partial charge in [0, 0.05) is 12.6 Å². The maximum absolute atomic E-state index is 11.3. The van der Waals surface area contributed by atoms with Crippen molar-refractivity contribution >= 4 is 23.2 Å². The normalized spacial score (nSPS) is 29.8. The molecule has 1 aliphatic heterocycles. The fraction of sp³-hybridized carbons (Fsp3) is 0.333. The van der Waals surface area contributed by atoms with E-state index >= 15 is 0 Å². The summed E-state index contributed by atoms with van der Waals surface area (Å²) in [5.41, 5.74) is 2.59. The van der Waals surface area contributed by atoms with Crippen molar-refractivity contribution in [3.63, 3.8) is 0 Å². The third-order valence-electron chi connectivity index (χ3n) is 2.09. The highest BCUT2D eigenvalue weighted by Crippen LogP contribution is 2.28. The standard InChI is InChI=1S/C9H10N2OS/c1-10-9(12)6-2-3-7-8(4-6)13-5-11-7/h2-5,7-8H,1H3,(H,10,12). The van der Waals surface area contributed by atoms with Crippen molar-refractivity contribution in [1.29, 1.82) is 0 Å². The molecule has 2 unspecified atom stereocenters. The second-order valence-corrected chi connectivity index (χ2v) is 3.93. The Morgan fingerprint density at radius 3 is 3.31 bits per heavy atom. The molecular formula is C9H10N2OS. The van der Waals surface area contributed by atoms with Crippen LogP contribution in [0.3, 0.4) is 0 Å². The number of nitrogens with one attached hydrogen (secondary N) is 1. The van der Waals surface area contributed by atoms with Crippen LogP contribution in [-0.4, -0.2) is 29.8 Å². The Bertz CT molecular complexity index is 320. The van der Waals surface area contributed by atoms with Crippen LogP contribution < -0.4 is 5.32 Å². The Labute approximate surface area is 81.0 Å². The number of carbonyl (C=O) groups is 1. The molecule has 1 aliphatic carbocycles. The first-order valence-electron chi connectivity index (χ1n) is 4.10. The molecule has 1 heterocycles. The second-order valence-electron chi connectivity index (χ2n) is 2.91. The fourth-order valence-electron chi connectivity index (χ4n) is 1.37. The first kappa shape index (κ1) is 8.56. The first-order chi connectivity index (χ1) is 6.31. The van der Waals surface area contributed by atoms with E-state index in [0.29, 0.717) is 5.25 Å². The molecule has 68 valence electrons. The lowest BCUT2D eigenvalue weighted by atomic mass is 10.0. The monoisotopic (exact) mass is 194 g/mol. The number of thioether (sulfide) groups is 1. The van der Waals surface area contributed by atoms with Crippen molar-refractivity contribution in [3.05, 3.63) is 23.8 Å². The largest absolute Gasteiger partial charge is 0.355 e. The van der Waals surface area contributed by atoms with E-state index < -0.39 is 0 Å². The summed E-state index contributed by atoms with van der Waals surface area (Å²) >= 11 is 1.66. The zero-order chi connectivity index (χ0) is 9.26. The summed E-state index contributed by atoms with van der Waals surface area (Å²) in [4.78, 5) is 15.5. The van der Waals surface area contributed by atoms with Gasteiger partial charge in [-0.15, -0.1) is 11.8 Å². The molecule has 0 saturated heterocycles. The zero-order valence-corrected chi connectivity index (χ0v) is 8.04. The summed E-state index contributed by atoms with van der Waals surface area (Å²) < 4.78 is 0. The molecule has 13 heavy (non-hydrogen) atoms. The Balaban J connectivity index is 2.17. The number of carbonyl (C=O) groups excluding carboxylic acids is 1. The lowest BCUT2D eigenvalue weighted by molar-refractivity contribution is -0.116. The summed E-state index contributed by atoms with van der Waals surface area (Å²) in [7, 11) is 1.64. The van der Waals surface area contributed by atoms with Crippen LogP contribution >= 0.6 is 11.8 Å². The number of aliphatic imine (C=N–C) groups is 1. The third kappa shape index (κ3) is 1.54. The molecule has 0 bridgehead atoms. The topological polar surface area (TPSA) is 41.5 Å². The van der Waals surface area contributed by atoms with E-state index in [-0.39, 0.29) is 11.9 Å². The average molecular weight is 194 g/mol. The number of fused-ring (bicyclic) bond motifs is 1. The van der Waals surface area contributed by atoms with Crippen LogP contribution in [0.15, 0.2) is 28.8 Å². The summed E-state index contributed by atoms with van der Waals surface area (Å²) in [6.45, 7) is 0. The van der Waals surface area contributed by atoms with E-state index in [1.165, 1.54) is 0 Å². The molecule has 1 N–H and O–H groups in total. The molecule has 2 aliphatic rings. The van der Waals surface area contributed by atoms with E-state index in [9.17, 15) is 4.79 Å². The minimum atomic E-state index is -0.0257. The Hall–Kier alpha value is -1.03. The van der Waals surface area contributed by atoms with Crippen LogP contribution in [0.5, 0.6) is 0 Å². The van der Waals surface area contributed by atoms with E-state index in [2.05, 4.69) is 10.3 Å². The molecule has 4 heteroatoms. The molecule has 3 nitrogen and oxygen atoms in total. The Morgan fingerprint density at radius 2 is 2.54 bits per heavy atom. The molecule has 0 spiro atoms. The van der Waals surface area contributed by atoms with Crippen molar-refractivity contribution in [2.75, 3.05) is 7.05 Å². The fourth-order valence-corrected chi connectivity index (χ4v) is 2.27. The van der Waals surface area contributed by atoms with Gasteiger partial charge < -0.3 is 5.32 Å². The predicted molar refractivity (Wildman–Crippen MR) is 54.9 cm³/mol. The van der Waals surface area contributed by atoms with Gasteiger partial charge in [-0.2, -0.15) is 0 Å². The third-order valence-corrected chi connectivity index (χ3v) is 3.07. The molecule has 0 aromatic rings. The van der Waals surface area contributed by atoms with Crippen LogP contribution in [0, 0.1) is 0 Å². The quantitative estimate of drug-likeness (QED) is 0.669. The van der Waals surface area contributed by atoms with Crippen LogP contribution in [0.4, 0.5) is 0 Å². The van der Waals surface area contributed by atoms with Crippen molar-refractivity contribution in [2.24, 2.45) is 4.99 Å². The molecule has 0 saturated carbocycles. The number of amides is 1. The highest BCUT2D eigenvalue weighted by atomic mass is 32.2. The van der Waals surface area contributed by atoms with E-state index in [4.69, 9.17) is 0 Å². The minimum Gasteiger partial charge on any atom is -0.355 e. The first-order valence-corrected chi connectivity index (χ1v) is 5.05. The van der Waals surface area contributed by atoms with Crippen LogP contribution in [0.1, 0.15) is 0 Å². The van der Waals surface area contributed by atoms with Gasteiger partial charge in [-0.1, -0.05) is 18.2 Å². The van der Waals surface area contributed by atoms with Crippen molar-refractivity contribution in [2.45, 2.75) is 11.3 Å². The van der Waals surface area contributed by atoms with Gasteiger partial charge in [0.15, 0.2) is 0 Å². The number of nitrogens with zero attached hydrogens (tertiary/aromatic N) is 1. The van der Waals surface area contributed by atoms with E-state index in [1.807, 2.05) is 23.8 Å². The predicted octanol–water partition coefficient (Wildman–Crippen LogP) is 0.741. The van der Waals surface area contributed by atoms with Gasteiger partial charge >= 0.3 is 0 Å². The number of rotatable bonds is 1. The summed E-state index contributed by atoms with van der Waals surface area (Å²) in [5, 5.41) is 2.92. The molecule has 0 fully saturated rings. The highest BCUT2D eigenvalue weighted by Gasteiger charge is 2.25. The molecule has 0 aromatic heterocycles. The van der Waals surface area contributed by atoms with Crippen molar-refractivity contribution in [1.82, 2.24) is 5.32 Å².